The molecule has 2 atom stereocenters. The standard InChI is InChI=1S/C20H23NO3/c1-24-18-10-14(9-15-5-2-3-7-17(15)18)11-21-12-16-6-4-8-20(16,13-21)19(22)23/h2-3,5,7,9-10,16H,4,6,8,11-13H2,1H3,(H,22,23)/t16-,20+/m0/s1. The number of hydrogen-bond acceptors (Lipinski definition) is 3. The third-order valence-corrected chi connectivity index (χ3v) is 5.88. The predicted octanol–water partition coefficient (Wildman–Crippen LogP) is 3.54. The average Bonchev–Trinajstić information content (AvgIpc) is 3.12. The van der Waals surface area contributed by atoms with Gasteiger partial charge in [-0.2, -0.15) is 0 Å². The molecule has 1 aliphatic carbocycles. The zero-order chi connectivity index (χ0) is 16.7. The highest BCUT2D eigenvalue weighted by atomic mass is 16.5. The van der Waals surface area contributed by atoms with Crippen molar-refractivity contribution >= 4 is 16.7 Å². The molecule has 0 bridgehead atoms. The Bertz CT molecular complexity index is 788. The summed E-state index contributed by atoms with van der Waals surface area (Å²) in [6, 6.07) is 12.5. The molecule has 0 amide bonds. The van der Waals surface area contributed by atoms with Crippen LogP contribution in [0.5, 0.6) is 5.75 Å². The van der Waals surface area contributed by atoms with E-state index >= 15 is 0 Å². The molecule has 1 aliphatic heterocycles. The van der Waals surface area contributed by atoms with Gasteiger partial charge < -0.3 is 9.84 Å². The van der Waals surface area contributed by atoms with E-state index in [-0.39, 0.29) is 0 Å². The molecule has 0 unspecified atom stereocenters. The summed E-state index contributed by atoms with van der Waals surface area (Å²) in [5, 5.41) is 12.0. The van der Waals surface area contributed by atoms with Gasteiger partial charge in [0.15, 0.2) is 0 Å². The van der Waals surface area contributed by atoms with Crippen LogP contribution in [0.1, 0.15) is 24.8 Å². The van der Waals surface area contributed by atoms with Gasteiger partial charge >= 0.3 is 5.97 Å². The molecule has 126 valence electrons. The molecule has 0 aromatic heterocycles. The summed E-state index contributed by atoms with van der Waals surface area (Å²) >= 11 is 0. The average molecular weight is 325 g/mol. The maximum Gasteiger partial charge on any atom is 0.311 e. The van der Waals surface area contributed by atoms with E-state index in [1.807, 2.05) is 12.1 Å². The van der Waals surface area contributed by atoms with E-state index in [1.54, 1.807) is 7.11 Å². The number of aliphatic carboxylic acids is 1. The second-order valence-corrected chi connectivity index (χ2v) is 7.24. The van der Waals surface area contributed by atoms with Crippen molar-refractivity contribution in [3.05, 3.63) is 42.0 Å². The van der Waals surface area contributed by atoms with E-state index < -0.39 is 11.4 Å². The minimum absolute atomic E-state index is 0.303. The molecule has 0 radical (unpaired) electrons. The first kappa shape index (κ1) is 15.5. The molecule has 4 rings (SSSR count). The van der Waals surface area contributed by atoms with Crippen molar-refractivity contribution in [2.24, 2.45) is 11.3 Å². The highest BCUT2D eigenvalue weighted by molar-refractivity contribution is 5.89. The molecule has 2 aromatic carbocycles. The van der Waals surface area contributed by atoms with Crippen LogP contribution in [0, 0.1) is 11.3 Å². The topological polar surface area (TPSA) is 49.8 Å². The molecule has 1 saturated carbocycles. The van der Waals surface area contributed by atoms with Crippen LogP contribution >= 0.6 is 0 Å². The molecule has 2 fully saturated rings. The Labute approximate surface area is 142 Å². The van der Waals surface area contributed by atoms with Gasteiger partial charge in [-0.3, -0.25) is 9.69 Å². The SMILES string of the molecule is COc1cc(CN2C[C@@H]3CCC[C@@]3(C(=O)O)C2)cc2ccccc12. The van der Waals surface area contributed by atoms with E-state index in [4.69, 9.17) is 4.74 Å². The van der Waals surface area contributed by atoms with Crippen LogP contribution in [0.2, 0.25) is 0 Å². The lowest BCUT2D eigenvalue weighted by atomic mass is 9.81. The molecule has 4 heteroatoms. The Morgan fingerprint density at radius 1 is 1.38 bits per heavy atom. The second kappa shape index (κ2) is 5.78. The number of carboxylic acids is 1. The maximum absolute atomic E-state index is 11.8. The van der Waals surface area contributed by atoms with Crippen molar-refractivity contribution in [1.82, 2.24) is 4.90 Å². The molecule has 1 N–H and O–H groups in total. The van der Waals surface area contributed by atoms with Crippen molar-refractivity contribution in [1.29, 1.82) is 0 Å². The fourth-order valence-electron chi connectivity index (χ4n) is 4.72. The van der Waals surface area contributed by atoms with Gasteiger partial charge in [0.2, 0.25) is 0 Å². The maximum atomic E-state index is 11.8. The third-order valence-electron chi connectivity index (χ3n) is 5.88. The Kier molecular flexibility index (Phi) is 3.72. The number of likely N-dealkylation sites (tertiary alicyclic amines) is 1. The third kappa shape index (κ3) is 2.37. The Balaban J connectivity index is 1.60. The first-order chi connectivity index (χ1) is 11.6. The van der Waals surface area contributed by atoms with Crippen LogP contribution in [0.25, 0.3) is 10.8 Å². The van der Waals surface area contributed by atoms with Gasteiger partial charge in [-0.25, -0.2) is 0 Å². The van der Waals surface area contributed by atoms with E-state index in [2.05, 4.69) is 29.2 Å². The van der Waals surface area contributed by atoms with Crippen molar-refractivity contribution in [3.63, 3.8) is 0 Å². The molecule has 2 aromatic rings. The summed E-state index contributed by atoms with van der Waals surface area (Å²) in [5.74, 6) is 0.580. The molecule has 2 aliphatic rings. The molecular formula is C20H23NO3. The van der Waals surface area contributed by atoms with Crippen LogP contribution in [0.15, 0.2) is 36.4 Å². The fourth-order valence-corrected chi connectivity index (χ4v) is 4.72. The lowest BCUT2D eigenvalue weighted by Gasteiger charge is -2.23. The van der Waals surface area contributed by atoms with Gasteiger partial charge in [0.25, 0.3) is 0 Å². The highest BCUT2D eigenvalue weighted by Crippen LogP contribution is 2.49. The van der Waals surface area contributed by atoms with Crippen molar-refractivity contribution < 1.29 is 14.6 Å². The smallest absolute Gasteiger partial charge is 0.311 e. The number of fused-ring (bicyclic) bond motifs is 2. The number of benzene rings is 2. The number of carbonyl (C=O) groups is 1. The zero-order valence-electron chi connectivity index (χ0n) is 14.0. The molecule has 1 heterocycles. The van der Waals surface area contributed by atoms with Crippen LogP contribution in [-0.2, 0) is 11.3 Å². The second-order valence-electron chi connectivity index (χ2n) is 7.24. The van der Waals surface area contributed by atoms with Crippen LogP contribution in [0.3, 0.4) is 0 Å². The predicted molar refractivity (Wildman–Crippen MR) is 93.2 cm³/mol. The molecule has 1 saturated heterocycles. The summed E-state index contributed by atoms with van der Waals surface area (Å²) in [4.78, 5) is 14.1. The summed E-state index contributed by atoms with van der Waals surface area (Å²) in [6.07, 6.45) is 2.92. The van der Waals surface area contributed by atoms with Crippen LogP contribution in [0.4, 0.5) is 0 Å². The van der Waals surface area contributed by atoms with Gasteiger partial charge in [-0.15, -0.1) is 0 Å². The zero-order valence-corrected chi connectivity index (χ0v) is 14.0. The summed E-state index contributed by atoms with van der Waals surface area (Å²) in [6.45, 7) is 2.34. The van der Waals surface area contributed by atoms with E-state index in [9.17, 15) is 9.90 Å². The molecule has 4 nitrogen and oxygen atoms in total. The van der Waals surface area contributed by atoms with E-state index in [0.717, 1.165) is 43.5 Å². The Hall–Kier alpha value is -2.07. The molecular weight excluding hydrogens is 302 g/mol. The lowest BCUT2D eigenvalue weighted by molar-refractivity contribution is -0.149. The summed E-state index contributed by atoms with van der Waals surface area (Å²) < 4.78 is 5.55. The van der Waals surface area contributed by atoms with Crippen molar-refractivity contribution in [3.8, 4) is 5.75 Å². The van der Waals surface area contributed by atoms with Crippen LogP contribution < -0.4 is 4.74 Å². The summed E-state index contributed by atoms with van der Waals surface area (Å²) in [5.41, 5.74) is 0.673. The molecule has 0 spiro atoms. The minimum Gasteiger partial charge on any atom is -0.496 e. The minimum atomic E-state index is -0.608. The quantitative estimate of drug-likeness (QED) is 0.934. The van der Waals surface area contributed by atoms with Crippen molar-refractivity contribution in [2.45, 2.75) is 25.8 Å². The first-order valence-electron chi connectivity index (χ1n) is 8.64. The number of rotatable bonds is 4. The number of ether oxygens (including phenoxy) is 1. The first-order valence-corrected chi connectivity index (χ1v) is 8.64. The monoisotopic (exact) mass is 325 g/mol. The normalized spacial score (nSPS) is 26.6. The van der Waals surface area contributed by atoms with Gasteiger partial charge in [0.1, 0.15) is 5.75 Å². The Morgan fingerprint density at radius 2 is 2.21 bits per heavy atom. The Morgan fingerprint density at radius 3 is 2.96 bits per heavy atom. The number of carboxylic acid groups (broad SMARTS) is 1. The van der Waals surface area contributed by atoms with Crippen LogP contribution in [-0.4, -0.2) is 36.2 Å². The number of methoxy groups -OCH3 is 1. The largest absolute Gasteiger partial charge is 0.496 e. The van der Waals surface area contributed by atoms with E-state index in [1.165, 1.54) is 10.9 Å². The van der Waals surface area contributed by atoms with Gasteiger partial charge in [0.05, 0.1) is 12.5 Å². The van der Waals surface area contributed by atoms with E-state index in [0.29, 0.717) is 12.5 Å². The van der Waals surface area contributed by atoms with Gasteiger partial charge in [-0.05, 0) is 41.8 Å². The fraction of sp³-hybridized carbons (Fsp3) is 0.450. The molecule has 24 heavy (non-hydrogen) atoms. The number of hydrogen-bond donors (Lipinski definition) is 1. The van der Waals surface area contributed by atoms with Crippen molar-refractivity contribution in [2.75, 3.05) is 20.2 Å². The number of nitrogens with zero attached hydrogens (tertiary/aromatic N) is 1. The van der Waals surface area contributed by atoms with Gasteiger partial charge in [0, 0.05) is 25.0 Å². The summed E-state index contributed by atoms with van der Waals surface area (Å²) in [7, 11) is 1.70. The van der Waals surface area contributed by atoms with Gasteiger partial charge in [-0.1, -0.05) is 30.7 Å². The highest BCUT2D eigenvalue weighted by Gasteiger charge is 2.54. The lowest BCUT2D eigenvalue weighted by Crippen LogP contribution is -2.35.